The van der Waals surface area contributed by atoms with Crippen LogP contribution >= 0.6 is 0 Å². The zero-order valence-corrected chi connectivity index (χ0v) is 8.92. The third kappa shape index (κ3) is 2.95. The smallest absolute Gasteiger partial charge is 0.160 e. The van der Waals surface area contributed by atoms with E-state index in [0.29, 0.717) is 5.75 Å². The Morgan fingerprint density at radius 3 is 2.64 bits per heavy atom. The molecule has 78 valence electrons. The normalized spacial score (nSPS) is 10.1. The van der Waals surface area contributed by atoms with Crippen molar-refractivity contribution in [3.63, 3.8) is 0 Å². The van der Waals surface area contributed by atoms with Gasteiger partial charge in [0, 0.05) is 0 Å². The summed E-state index contributed by atoms with van der Waals surface area (Å²) >= 11 is 0. The van der Waals surface area contributed by atoms with Gasteiger partial charge < -0.3 is 9.84 Å². The molecule has 0 spiro atoms. The molecule has 0 bridgehead atoms. The molecule has 0 aromatic heterocycles. The number of aryl methyl sites for hydroxylation is 1. The molecule has 0 fully saturated rings. The molecule has 0 aliphatic heterocycles. The first-order chi connectivity index (χ1) is 6.77. The van der Waals surface area contributed by atoms with E-state index < -0.39 is 0 Å². The zero-order chi connectivity index (χ0) is 10.4. The van der Waals surface area contributed by atoms with Gasteiger partial charge in [0.1, 0.15) is 0 Å². The van der Waals surface area contributed by atoms with E-state index in [4.69, 9.17) is 4.74 Å². The van der Waals surface area contributed by atoms with Crippen molar-refractivity contribution in [2.45, 2.75) is 32.6 Å². The Hall–Kier alpha value is -1.18. The lowest BCUT2D eigenvalue weighted by atomic mass is 10.1. The van der Waals surface area contributed by atoms with Crippen molar-refractivity contribution in [3.05, 3.63) is 23.8 Å². The highest BCUT2D eigenvalue weighted by Crippen LogP contribution is 2.26. The molecular weight excluding hydrogens is 176 g/mol. The first kappa shape index (κ1) is 10.9. The molecule has 0 radical (unpaired) electrons. The van der Waals surface area contributed by atoms with Crippen molar-refractivity contribution in [2.24, 2.45) is 0 Å². The monoisotopic (exact) mass is 194 g/mol. The second-order valence-corrected chi connectivity index (χ2v) is 3.46. The number of ether oxygens (including phenoxy) is 1. The van der Waals surface area contributed by atoms with E-state index in [-0.39, 0.29) is 5.75 Å². The Labute approximate surface area is 85.5 Å². The lowest BCUT2D eigenvalue weighted by Gasteiger charge is -2.05. The van der Waals surface area contributed by atoms with Crippen molar-refractivity contribution in [1.82, 2.24) is 0 Å². The van der Waals surface area contributed by atoms with Crippen molar-refractivity contribution >= 4 is 0 Å². The van der Waals surface area contributed by atoms with E-state index in [1.807, 2.05) is 12.1 Å². The summed E-state index contributed by atoms with van der Waals surface area (Å²) in [4.78, 5) is 0. The molecule has 1 aromatic rings. The Kier molecular flexibility index (Phi) is 4.30. The molecule has 0 unspecified atom stereocenters. The molecule has 0 saturated heterocycles. The topological polar surface area (TPSA) is 29.5 Å². The van der Waals surface area contributed by atoms with Crippen LogP contribution in [0, 0.1) is 0 Å². The van der Waals surface area contributed by atoms with Crippen LogP contribution in [0.3, 0.4) is 0 Å². The van der Waals surface area contributed by atoms with Gasteiger partial charge in [0.05, 0.1) is 7.11 Å². The molecule has 2 nitrogen and oxygen atoms in total. The van der Waals surface area contributed by atoms with Crippen LogP contribution in [0.15, 0.2) is 18.2 Å². The molecule has 0 amide bonds. The third-order valence-corrected chi connectivity index (χ3v) is 2.31. The highest BCUT2D eigenvalue weighted by atomic mass is 16.5. The Morgan fingerprint density at radius 2 is 2.07 bits per heavy atom. The predicted molar refractivity (Wildman–Crippen MR) is 57.9 cm³/mol. The fourth-order valence-electron chi connectivity index (χ4n) is 1.47. The number of aromatic hydroxyl groups is 1. The number of rotatable bonds is 5. The minimum atomic E-state index is 0.237. The highest BCUT2D eigenvalue weighted by molar-refractivity contribution is 5.41. The van der Waals surface area contributed by atoms with Crippen LogP contribution in [0.25, 0.3) is 0 Å². The molecule has 0 saturated carbocycles. The average Bonchev–Trinajstić information content (AvgIpc) is 2.18. The summed E-state index contributed by atoms with van der Waals surface area (Å²) in [6.07, 6.45) is 4.68. The number of benzene rings is 1. The number of unbranched alkanes of at least 4 members (excludes halogenated alkanes) is 2. The van der Waals surface area contributed by atoms with Crippen molar-refractivity contribution in [3.8, 4) is 11.5 Å². The maximum atomic E-state index is 9.52. The minimum Gasteiger partial charge on any atom is -0.504 e. The lowest BCUT2D eigenvalue weighted by molar-refractivity contribution is 0.373. The summed E-state index contributed by atoms with van der Waals surface area (Å²) in [5.74, 6) is 0.783. The summed E-state index contributed by atoms with van der Waals surface area (Å²) in [5, 5.41) is 9.52. The van der Waals surface area contributed by atoms with E-state index in [0.717, 1.165) is 6.42 Å². The molecule has 1 N–H and O–H groups in total. The van der Waals surface area contributed by atoms with Crippen LogP contribution < -0.4 is 4.74 Å². The van der Waals surface area contributed by atoms with Crippen LogP contribution in [0.1, 0.15) is 31.7 Å². The molecule has 14 heavy (non-hydrogen) atoms. The van der Waals surface area contributed by atoms with Gasteiger partial charge in [-0.05, 0) is 30.5 Å². The molecule has 0 atom stereocenters. The van der Waals surface area contributed by atoms with Crippen molar-refractivity contribution in [2.75, 3.05) is 7.11 Å². The average molecular weight is 194 g/mol. The zero-order valence-electron chi connectivity index (χ0n) is 8.92. The quantitative estimate of drug-likeness (QED) is 0.730. The Balaban J connectivity index is 2.57. The van der Waals surface area contributed by atoms with E-state index in [9.17, 15) is 5.11 Å². The summed E-state index contributed by atoms with van der Waals surface area (Å²) in [5.41, 5.74) is 1.18. The number of phenols is 1. The number of hydrogen-bond acceptors (Lipinski definition) is 2. The number of phenolic OH excluding ortho intramolecular Hbond substituents is 1. The highest BCUT2D eigenvalue weighted by Gasteiger charge is 2.01. The van der Waals surface area contributed by atoms with Gasteiger partial charge in [-0.25, -0.2) is 0 Å². The summed E-state index contributed by atoms with van der Waals surface area (Å²) in [7, 11) is 1.56. The van der Waals surface area contributed by atoms with Gasteiger partial charge in [0.2, 0.25) is 0 Å². The van der Waals surface area contributed by atoms with Crippen LogP contribution in [0.2, 0.25) is 0 Å². The molecule has 0 aliphatic rings. The molecule has 2 heteroatoms. The molecule has 1 aromatic carbocycles. The second-order valence-electron chi connectivity index (χ2n) is 3.46. The second kappa shape index (κ2) is 5.53. The first-order valence-electron chi connectivity index (χ1n) is 5.13. The summed E-state index contributed by atoms with van der Waals surface area (Å²) < 4.78 is 4.98. The van der Waals surface area contributed by atoms with Crippen LogP contribution in [-0.4, -0.2) is 12.2 Å². The van der Waals surface area contributed by atoms with Crippen LogP contribution in [-0.2, 0) is 6.42 Å². The predicted octanol–water partition coefficient (Wildman–Crippen LogP) is 3.13. The van der Waals surface area contributed by atoms with Gasteiger partial charge in [-0.2, -0.15) is 0 Å². The van der Waals surface area contributed by atoms with Gasteiger partial charge in [-0.1, -0.05) is 25.8 Å². The standard InChI is InChI=1S/C12H18O2/c1-3-4-5-6-10-7-8-12(14-2)11(13)9-10/h7-9,13H,3-6H2,1-2H3. The van der Waals surface area contributed by atoms with E-state index >= 15 is 0 Å². The maximum Gasteiger partial charge on any atom is 0.160 e. The molecule has 0 aliphatic carbocycles. The lowest BCUT2D eigenvalue weighted by Crippen LogP contribution is -1.88. The Morgan fingerprint density at radius 1 is 1.29 bits per heavy atom. The molecular formula is C12H18O2. The van der Waals surface area contributed by atoms with Crippen LogP contribution in [0.4, 0.5) is 0 Å². The van der Waals surface area contributed by atoms with Gasteiger partial charge in [-0.3, -0.25) is 0 Å². The third-order valence-electron chi connectivity index (χ3n) is 2.31. The first-order valence-corrected chi connectivity index (χ1v) is 5.13. The number of methoxy groups -OCH3 is 1. The summed E-state index contributed by atoms with van der Waals surface area (Å²) in [6, 6.07) is 5.61. The van der Waals surface area contributed by atoms with Crippen LogP contribution in [0.5, 0.6) is 11.5 Å². The van der Waals surface area contributed by atoms with Crippen molar-refractivity contribution in [1.29, 1.82) is 0 Å². The largest absolute Gasteiger partial charge is 0.504 e. The fraction of sp³-hybridized carbons (Fsp3) is 0.500. The SMILES string of the molecule is CCCCCc1ccc(OC)c(O)c1. The molecule has 0 heterocycles. The van der Waals surface area contributed by atoms with Crippen molar-refractivity contribution < 1.29 is 9.84 Å². The van der Waals surface area contributed by atoms with Gasteiger partial charge in [0.15, 0.2) is 11.5 Å². The Bertz CT molecular complexity index is 282. The fourth-order valence-corrected chi connectivity index (χ4v) is 1.47. The van der Waals surface area contributed by atoms with Gasteiger partial charge in [0.25, 0.3) is 0 Å². The van der Waals surface area contributed by atoms with E-state index in [1.165, 1.54) is 24.8 Å². The number of hydrogen-bond donors (Lipinski definition) is 1. The van der Waals surface area contributed by atoms with E-state index in [2.05, 4.69) is 6.92 Å². The van der Waals surface area contributed by atoms with E-state index in [1.54, 1.807) is 13.2 Å². The minimum absolute atomic E-state index is 0.237. The molecule has 1 rings (SSSR count). The van der Waals surface area contributed by atoms with Gasteiger partial charge in [-0.15, -0.1) is 0 Å². The maximum absolute atomic E-state index is 9.52. The summed E-state index contributed by atoms with van der Waals surface area (Å²) in [6.45, 7) is 2.19. The van der Waals surface area contributed by atoms with Gasteiger partial charge >= 0.3 is 0 Å².